The van der Waals surface area contributed by atoms with Crippen molar-refractivity contribution in [1.29, 1.82) is 0 Å². The van der Waals surface area contributed by atoms with Gasteiger partial charge in [0.15, 0.2) is 5.69 Å². The van der Waals surface area contributed by atoms with E-state index < -0.39 is 0 Å². The number of quaternary nitrogens is 1. The van der Waals surface area contributed by atoms with Crippen molar-refractivity contribution in [1.82, 2.24) is 0 Å². The van der Waals surface area contributed by atoms with Crippen LogP contribution in [0.4, 0.5) is 0 Å². The Morgan fingerprint density at radius 3 is 2.56 bits per heavy atom. The number of piperidine rings is 1. The second kappa shape index (κ2) is 10.4. The minimum Gasteiger partial charge on any atom is -1.00 e. The van der Waals surface area contributed by atoms with E-state index in [4.69, 9.17) is 4.74 Å². The lowest BCUT2D eigenvalue weighted by atomic mass is 9.99. The van der Waals surface area contributed by atoms with Crippen molar-refractivity contribution in [2.75, 3.05) is 19.7 Å². The standard InChI is InChI=1S/C12H18N2O.2ClH.H2O/c1-10-3-2-4-12(14-10)15-9-11-5-7-13-8-6-11;;;/h2-4,11,13H,5-9H2,1H3;2*1H;1H2. The van der Waals surface area contributed by atoms with Gasteiger partial charge in [-0.05, 0) is 6.07 Å². The summed E-state index contributed by atoms with van der Waals surface area (Å²) in [6.07, 6.45) is 2.57. The average molecular weight is 297 g/mol. The molecule has 106 valence electrons. The van der Waals surface area contributed by atoms with Gasteiger partial charge in [0.1, 0.15) is 0 Å². The van der Waals surface area contributed by atoms with E-state index in [2.05, 4.69) is 10.3 Å². The van der Waals surface area contributed by atoms with Crippen molar-refractivity contribution in [2.45, 2.75) is 19.8 Å². The fourth-order valence-electron chi connectivity index (χ4n) is 2.01. The van der Waals surface area contributed by atoms with Crippen LogP contribution in [-0.4, -0.2) is 25.2 Å². The number of hydrogen-bond donors (Lipinski definition) is 1. The lowest BCUT2D eigenvalue weighted by Crippen LogP contribution is -3.00. The molecule has 0 bridgehead atoms. The number of H-pyrrole nitrogens is 1. The number of hydrogen-bond acceptors (Lipinski definition) is 1. The first-order valence-corrected chi connectivity index (χ1v) is 5.78. The first kappa shape index (κ1) is 19.8. The number of halogens is 2. The Kier molecular flexibility index (Phi) is 11.4. The predicted molar refractivity (Wildman–Crippen MR) is 61.2 cm³/mol. The number of nitrogens with two attached hydrogens (primary N) is 1. The number of pyridine rings is 1. The van der Waals surface area contributed by atoms with Crippen LogP contribution in [-0.2, 0) is 0 Å². The normalized spacial score (nSPS) is 14.7. The van der Waals surface area contributed by atoms with E-state index in [0.29, 0.717) is 0 Å². The molecule has 0 aliphatic carbocycles. The van der Waals surface area contributed by atoms with Crippen LogP contribution in [0.3, 0.4) is 0 Å². The third-order valence-corrected chi connectivity index (χ3v) is 2.95. The van der Waals surface area contributed by atoms with Crippen LogP contribution in [0.25, 0.3) is 0 Å². The van der Waals surface area contributed by atoms with Crippen LogP contribution in [0, 0.1) is 12.8 Å². The summed E-state index contributed by atoms with van der Waals surface area (Å²) >= 11 is 0. The zero-order chi connectivity index (χ0) is 10.5. The molecule has 1 saturated heterocycles. The van der Waals surface area contributed by atoms with Crippen LogP contribution in [0.1, 0.15) is 18.5 Å². The highest BCUT2D eigenvalue weighted by Gasteiger charge is 2.17. The molecule has 18 heavy (non-hydrogen) atoms. The van der Waals surface area contributed by atoms with Gasteiger partial charge in [0.2, 0.25) is 0 Å². The molecule has 0 unspecified atom stereocenters. The van der Waals surface area contributed by atoms with Crippen molar-refractivity contribution in [2.24, 2.45) is 5.92 Å². The number of rotatable bonds is 3. The molecule has 0 saturated carbocycles. The van der Waals surface area contributed by atoms with Crippen LogP contribution in [0.2, 0.25) is 0 Å². The molecule has 5 N–H and O–H groups in total. The Labute approximate surface area is 121 Å². The molecule has 1 aliphatic heterocycles. The summed E-state index contributed by atoms with van der Waals surface area (Å²) < 4.78 is 5.76. The Morgan fingerprint density at radius 1 is 1.28 bits per heavy atom. The second-order valence-corrected chi connectivity index (χ2v) is 4.32. The lowest BCUT2D eigenvalue weighted by molar-refractivity contribution is -0.665. The molecule has 0 radical (unpaired) electrons. The first-order chi connectivity index (χ1) is 7.34. The molecule has 2 rings (SSSR count). The quantitative estimate of drug-likeness (QED) is 0.592. The largest absolute Gasteiger partial charge is 1.00 e. The van der Waals surface area contributed by atoms with Crippen LogP contribution < -0.4 is 39.9 Å². The fourth-order valence-corrected chi connectivity index (χ4v) is 2.01. The highest BCUT2D eigenvalue weighted by atomic mass is 35.5. The molecule has 0 spiro atoms. The molecule has 1 aromatic rings. The highest BCUT2D eigenvalue weighted by molar-refractivity contribution is 5.05. The van der Waals surface area contributed by atoms with Crippen molar-refractivity contribution in [3.8, 4) is 5.88 Å². The average Bonchev–Trinajstić information content (AvgIpc) is 2.28. The van der Waals surface area contributed by atoms with Crippen LogP contribution in [0.15, 0.2) is 18.2 Å². The molecular formula is C12H22Cl2N2O2. The van der Waals surface area contributed by atoms with E-state index in [-0.39, 0.29) is 30.3 Å². The van der Waals surface area contributed by atoms with Gasteiger partial charge in [0, 0.05) is 31.7 Å². The summed E-state index contributed by atoms with van der Waals surface area (Å²) in [6.45, 7) is 5.41. The monoisotopic (exact) mass is 296 g/mol. The molecule has 4 nitrogen and oxygen atoms in total. The number of aryl methyl sites for hydroxylation is 1. The van der Waals surface area contributed by atoms with Gasteiger partial charge in [-0.2, -0.15) is 4.98 Å². The molecule has 6 heteroatoms. The van der Waals surface area contributed by atoms with E-state index in [9.17, 15) is 0 Å². The smallest absolute Gasteiger partial charge is 0.366 e. The van der Waals surface area contributed by atoms with Gasteiger partial charge in [-0.3, -0.25) is 0 Å². The Morgan fingerprint density at radius 2 is 1.94 bits per heavy atom. The minimum atomic E-state index is 0. The van der Waals surface area contributed by atoms with Crippen LogP contribution in [0.5, 0.6) is 5.88 Å². The van der Waals surface area contributed by atoms with Gasteiger partial charge in [-0.15, -0.1) is 0 Å². The summed E-state index contributed by atoms with van der Waals surface area (Å²) in [5, 5.41) is 2.38. The summed E-state index contributed by atoms with van der Waals surface area (Å²) in [4.78, 5) is 3.22. The van der Waals surface area contributed by atoms with Gasteiger partial charge in [0.25, 0.3) is 0 Å². The Balaban J connectivity index is 0. The van der Waals surface area contributed by atoms with E-state index >= 15 is 0 Å². The van der Waals surface area contributed by atoms with Crippen molar-refractivity contribution < 1.29 is 45.3 Å². The van der Waals surface area contributed by atoms with Gasteiger partial charge in [-0.1, -0.05) is 0 Å². The molecular weight excluding hydrogens is 275 g/mol. The molecule has 0 amide bonds. The van der Waals surface area contributed by atoms with E-state index in [1.807, 2.05) is 25.1 Å². The molecule has 1 fully saturated rings. The number of aromatic amines is 1. The maximum absolute atomic E-state index is 5.76. The first-order valence-electron chi connectivity index (χ1n) is 5.78. The highest BCUT2D eigenvalue weighted by Crippen LogP contribution is 2.10. The van der Waals surface area contributed by atoms with E-state index in [1.54, 1.807) is 0 Å². The third kappa shape index (κ3) is 6.40. The Bertz CT molecular complexity index is 321. The fraction of sp³-hybridized carbons (Fsp3) is 0.583. The number of ether oxygens (including phenoxy) is 1. The number of nitrogens with one attached hydrogen (secondary N) is 1. The Hall–Kier alpha value is -0.550. The molecule has 0 aromatic carbocycles. The number of aromatic nitrogens is 1. The summed E-state index contributed by atoms with van der Waals surface area (Å²) in [7, 11) is 0. The SMILES string of the molecule is Cc1cccc(OCC2CC[NH2+]CC2)[nH+]1.O.[Cl-].[Cl-]. The van der Waals surface area contributed by atoms with E-state index in [1.165, 1.54) is 25.9 Å². The predicted octanol–water partition coefficient (Wildman–Crippen LogP) is -6.66. The lowest BCUT2D eigenvalue weighted by Gasteiger charge is -2.19. The van der Waals surface area contributed by atoms with Gasteiger partial charge >= 0.3 is 5.88 Å². The van der Waals surface area contributed by atoms with E-state index in [0.717, 1.165) is 24.1 Å². The maximum atomic E-state index is 5.76. The van der Waals surface area contributed by atoms with Gasteiger partial charge < -0.3 is 40.3 Å². The van der Waals surface area contributed by atoms with Crippen molar-refractivity contribution >= 4 is 0 Å². The van der Waals surface area contributed by atoms with Gasteiger partial charge in [-0.25, -0.2) is 0 Å². The molecule has 0 atom stereocenters. The second-order valence-electron chi connectivity index (χ2n) is 4.32. The minimum absolute atomic E-state index is 0. The summed E-state index contributed by atoms with van der Waals surface area (Å²) in [5.74, 6) is 1.63. The third-order valence-electron chi connectivity index (χ3n) is 2.95. The summed E-state index contributed by atoms with van der Waals surface area (Å²) in [5.41, 5.74) is 1.14. The van der Waals surface area contributed by atoms with Crippen LogP contribution >= 0.6 is 0 Å². The molecule has 1 aromatic heterocycles. The van der Waals surface area contributed by atoms with Crippen molar-refractivity contribution in [3.05, 3.63) is 23.9 Å². The van der Waals surface area contributed by atoms with Gasteiger partial charge in [0.05, 0.1) is 25.8 Å². The zero-order valence-electron chi connectivity index (χ0n) is 10.6. The zero-order valence-corrected chi connectivity index (χ0v) is 12.1. The maximum Gasteiger partial charge on any atom is 0.366 e. The molecule has 2 heterocycles. The molecule has 1 aliphatic rings. The van der Waals surface area contributed by atoms with Crippen molar-refractivity contribution in [3.63, 3.8) is 0 Å². The summed E-state index contributed by atoms with van der Waals surface area (Å²) in [6, 6.07) is 6.06. The topological polar surface area (TPSA) is 71.5 Å².